The first-order valence-corrected chi connectivity index (χ1v) is 6.13. The van der Waals surface area contributed by atoms with Crippen molar-refractivity contribution in [1.82, 2.24) is 5.32 Å². The van der Waals surface area contributed by atoms with Crippen molar-refractivity contribution in [2.45, 2.75) is 33.2 Å². The van der Waals surface area contributed by atoms with E-state index in [9.17, 15) is 8.78 Å². The number of hydrogen-bond acceptors (Lipinski definition) is 2. The molecule has 0 fully saturated rings. The Bertz CT molecular complexity index is 349. The Balaban J connectivity index is 2.40. The van der Waals surface area contributed by atoms with Gasteiger partial charge in [-0.1, -0.05) is 38.1 Å². The molecular weight excluding hydrogens is 236 g/mol. The summed E-state index contributed by atoms with van der Waals surface area (Å²) in [7, 11) is 0. The lowest BCUT2D eigenvalue weighted by molar-refractivity contribution is 0.151. The van der Waals surface area contributed by atoms with Gasteiger partial charge in [0.15, 0.2) is 0 Å². The monoisotopic (exact) mass is 257 g/mol. The predicted octanol–water partition coefficient (Wildman–Crippen LogP) is 3.12. The van der Waals surface area contributed by atoms with E-state index in [0.29, 0.717) is 6.54 Å². The SMILES string of the molecule is CC(C)(CCO)CNCc1ccc(C(F)F)cc1. The number of hydrogen-bond donors (Lipinski definition) is 2. The molecule has 102 valence electrons. The molecule has 0 aliphatic carbocycles. The molecule has 1 aromatic carbocycles. The molecule has 0 heterocycles. The van der Waals surface area contributed by atoms with E-state index in [2.05, 4.69) is 19.2 Å². The highest BCUT2D eigenvalue weighted by atomic mass is 19.3. The molecule has 1 aromatic rings. The topological polar surface area (TPSA) is 32.3 Å². The molecule has 1 rings (SSSR count). The van der Waals surface area contributed by atoms with E-state index < -0.39 is 6.43 Å². The third-order valence-corrected chi connectivity index (χ3v) is 2.95. The minimum absolute atomic E-state index is 0.0393. The van der Waals surface area contributed by atoms with Gasteiger partial charge in [-0.25, -0.2) is 8.78 Å². The van der Waals surface area contributed by atoms with Gasteiger partial charge in [0, 0.05) is 25.3 Å². The van der Waals surface area contributed by atoms with Crippen LogP contribution in [0, 0.1) is 5.41 Å². The van der Waals surface area contributed by atoms with Gasteiger partial charge in [0.1, 0.15) is 0 Å². The Kier molecular flexibility index (Phi) is 5.69. The van der Waals surface area contributed by atoms with Crippen LogP contribution in [0.15, 0.2) is 24.3 Å². The Morgan fingerprint density at radius 1 is 1.22 bits per heavy atom. The van der Waals surface area contributed by atoms with Gasteiger partial charge in [-0.2, -0.15) is 0 Å². The van der Waals surface area contributed by atoms with Crippen LogP contribution in [0.2, 0.25) is 0 Å². The maximum atomic E-state index is 12.4. The minimum atomic E-state index is -2.41. The molecule has 0 saturated heterocycles. The lowest BCUT2D eigenvalue weighted by Crippen LogP contribution is -2.29. The summed E-state index contributed by atoms with van der Waals surface area (Å²) < 4.78 is 24.7. The van der Waals surface area contributed by atoms with Gasteiger partial charge >= 0.3 is 0 Å². The van der Waals surface area contributed by atoms with Gasteiger partial charge in [0.2, 0.25) is 0 Å². The zero-order valence-corrected chi connectivity index (χ0v) is 10.9. The second-order valence-corrected chi connectivity index (χ2v) is 5.28. The van der Waals surface area contributed by atoms with E-state index in [0.717, 1.165) is 18.5 Å². The molecule has 2 N–H and O–H groups in total. The maximum Gasteiger partial charge on any atom is 0.263 e. The van der Waals surface area contributed by atoms with Crippen molar-refractivity contribution in [2.24, 2.45) is 5.41 Å². The van der Waals surface area contributed by atoms with Crippen LogP contribution in [0.5, 0.6) is 0 Å². The summed E-state index contributed by atoms with van der Waals surface area (Å²) in [4.78, 5) is 0. The maximum absolute atomic E-state index is 12.4. The smallest absolute Gasteiger partial charge is 0.263 e. The number of benzene rings is 1. The van der Waals surface area contributed by atoms with Crippen LogP contribution < -0.4 is 5.32 Å². The molecule has 2 nitrogen and oxygen atoms in total. The highest BCUT2D eigenvalue weighted by molar-refractivity contribution is 5.23. The van der Waals surface area contributed by atoms with Gasteiger partial charge in [-0.15, -0.1) is 0 Å². The molecular formula is C14H21F2NO. The van der Waals surface area contributed by atoms with Gasteiger partial charge in [0.25, 0.3) is 6.43 Å². The van der Waals surface area contributed by atoms with Gasteiger partial charge in [0.05, 0.1) is 0 Å². The Labute approximate surface area is 107 Å². The molecule has 0 unspecified atom stereocenters. The van der Waals surface area contributed by atoms with E-state index in [-0.39, 0.29) is 17.6 Å². The van der Waals surface area contributed by atoms with Gasteiger partial charge in [-0.3, -0.25) is 0 Å². The van der Waals surface area contributed by atoms with Crippen LogP contribution in [0.25, 0.3) is 0 Å². The Hall–Kier alpha value is -1.00. The van der Waals surface area contributed by atoms with Crippen LogP contribution >= 0.6 is 0 Å². The van der Waals surface area contributed by atoms with Crippen molar-refractivity contribution in [3.05, 3.63) is 35.4 Å². The van der Waals surface area contributed by atoms with Gasteiger partial charge < -0.3 is 10.4 Å². The van der Waals surface area contributed by atoms with E-state index in [4.69, 9.17) is 5.11 Å². The quantitative estimate of drug-likeness (QED) is 0.786. The van der Waals surface area contributed by atoms with Crippen molar-refractivity contribution in [3.8, 4) is 0 Å². The second-order valence-electron chi connectivity index (χ2n) is 5.28. The summed E-state index contributed by atoms with van der Waals surface area (Å²) in [6.45, 7) is 5.77. The summed E-state index contributed by atoms with van der Waals surface area (Å²) in [5, 5.41) is 12.2. The molecule has 0 aliphatic rings. The molecule has 0 radical (unpaired) electrons. The average molecular weight is 257 g/mol. The van der Waals surface area contributed by atoms with Crippen molar-refractivity contribution in [2.75, 3.05) is 13.2 Å². The van der Waals surface area contributed by atoms with Crippen molar-refractivity contribution in [3.63, 3.8) is 0 Å². The second kappa shape index (κ2) is 6.81. The largest absolute Gasteiger partial charge is 0.396 e. The lowest BCUT2D eigenvalue weighted by atomic mass is 9.90. The van der Waals surface area contributed by atoms with E-state index in [1.165, 1.54) is 12.1 Å². The molecule has 0 saturated carbocycles. The van der Waals surface area contributed by atoms with Crippen molar-refractivity contribution >= 4 is 0 Å². The third kappa shape index (κ3) is 5.10. The summed E-state index contributed by atoms with van der Waals surface area (Å²) in [6, 6.07) is 6.35. The molecule has 0 aliphatic heterocycles. The highest BCUT2D eigenvalue weighted by Crippen LogP contribution is 2.20. The molecule has 0 bridgehead atoms. The Morgan fingerprint density at radius 2 is 1.83 bits per heavy atom. The summed E-state index contributed by atoms with van der Waals surface area (Å²) in [5.74, 6) is 0. The summed E-state index contributed by atoms with van der Waals surface area (Å²) in [6.07, 6.45) is -1.67. The molecule has 4 heteroatoms. The lowest BCUT2D eigenvalue weighted by Gasteiger charge is -2.24. The number of halogens is 2. The van der Waals surface area contributed by atoms with E-state index in [1.54, 1.807) is 12.1 Å². The zero-order valence-electron chi connectivity index (χ0n) is 10.9. The molecule has 0 spiro atoms. The minimum Gasteiger partial charge on any atom is -0.396 e. The zero-order chi connectivity index (χ0) is 13.6. The number of nitrogens with one attached hydrogen (secondary N) is 1. The highest BCUT2D eigenvalue weighted by Gasteiger charge is 2.16. The van der Waals surface area contributed by atoms with E-state index in [1.807, 2.05) is 0 Å². The fourth-order valence-corrected chi connectivity index (χ4v) is 1.72. The Morgan fingerprint density at radius 3 is 2.33 bits per heavy atom. The van der Waals surface area contributed by atoms with Crippen LogP contribution in [0.4, 0.5) is 8.78 Å². The summed E-state index contributed by atoms with van der Waals surface area (Å²) >= 11 is 0. The fourth-order valence-electron chi connectivity index (χ4n) is 1.72. The number of aliphatic hydroxyl groups excluding tert-OH is 1. The van der Waals surface area contributed by atoms with Crippen molar-refractivity contribution < 1.29 is 13.9 Å². The fraction of sp³-hybridized carbons (Fsp3) is 0.571. The molecule has 0 aromatic heterocycles. The first kappa shape index (κ1) is 15.1. The predicted molar refractivity (Wildman–Crippen MR) is 68.6 cm³/mol. The summed E-state index contributed by atoms with van der Waals surface area (Å²) in [5.41, 5.74) is 1.08. The molecule has 18 heavy (non-hydrogen) atoms. The number of alkyl halides is 2. The standard InChI is InChI=1S/C14H21F2NO/c1-14(2,7-8-18)10-17-9-11-3-5-12(6-4-11)13(15)16/h3-6,13,17-18H,7-10H2,1-2H3. The first-order chi connectivity index (χ1) is 8.44. The van der Waals surface area contributed by atoms with E-state index >= 15 is 0 Å². The van der Waals surface area contributed by atoms with Crippen LogP contribution in [-0.4, -0.2) is 18.3 Å². The van der Waals surface area contributed by atoms with Crippen LogP contribution in [0.3, 0.4) is 0 Å². The van der Waals surface area contributed by atoms with Crippen LogP contribution in [-0.2, 0) is 6.54 Å². The molecule has 0 atom stereocenters. The third-order valence-electron chi connectivity index (χ3n) is 2.95. The van der Waals surface area contributed by atoms with Crippen molar-refractivity contribution in [1.29, 1.82) is 0 Å². The number of aliphatic hydroxyl groups is 1. The molecule has 0 amide bonds. The van der Waals surface area contributed by atoms with Gasteiger partial charge in [-0.05, 0) is 17.4 Å². The number of rotatable bonds is 7. The first-order valence-electron chi connectivity index (χ1n) is 6.13. The normalized spacial score (nSPS) is 12.1. The average Bonchev–Trinajstić information content (AvgIpc) is 2.29. The van der Waals surface area contributed by atoms with Crippen LogP contribution in [0.1, 0.15) is 37.8 Å².